The Labute approximate surface area is 146 Å². The third-order valence-corrected chi connectivity index (χ3v) is 3.61. The number of anilines is 1. The van der Waals surface area contributed by atoms with Crippen LogP contribution in [0.4, 0.5) is 11.6 Å². The minimum atomic E-state index is -0.500. The van der Waals surface area contributed by atoms with E-state index in [1.54, 1.807) is 19.1 Å². The SMILES string of the molecule is Cc1nnc(N/N=C/c2ccc(-c3cc([N+](=O)[O-])ccc3Cl)o2)n1N. The van der Waals surface area contributed by atoms with E-state index in [-0.39, 0.29) is 11.6 Å². The Kier molecular flexibility index (Phi) is 4.35. The van der Waals surface area contributed by atoms with Crippen LogP contribution in [0.1, 0.15) is 11.6 Å². The number of hydrogen-bond acceptors (Lipinski definition) is 8. The zero-order chi connectivity index (χ0) is 18.0. The number of aryl methyl sites for hydroxylation is 1. The average molecular weight is 362 g/mol. The van der Waals surface area contributed by atoms with Gasteiger partial charge in [-0.15, -0.1) is 10.2 Å². The molecule has 128 valence electrons. The molecule has 3 aromatic rings. The fourth-order valence-corrected chi connectivity index (χ4v) is 2.19. The van der Waals surface area contributed by atoms with E-state index in [1.165, 1.54) is 29.1 Å². The van der Waals surface area contributed by atoms with Crippen molar-refractivity contribution < 1.29 is 9.34 Å². The highest BCUT2D eigenvalue weighted by atomic mass is 35.5. The fraction of sp³-hybridized carbons (Fsp3) is 0.0714. The fourth-order valence-electron chi connectivity index (χ4n) is 1.98. The quantitative estimate of drug-likeness (QED) is 0.308. The van der Waals surface area contributed by atoms with Crippen LogP contribution in [0.3, 0.4) is 0 Å². The van der Waals surface area contributed by atoms with E-state index in [9.17, 15) is 10.1 Å². The van der Waals surface area contributed by atoms with E-state index >= 15 is 0 Å². The number of rotatable bonds is 5. The van der Waals surface area contributed by atoms with Gasteiger partial charge in [-0.05, 0) is 25.1 Å². The van der Waals surface area contributed by atoms with Crippen molar-refractivity contribution in [1.29, 1.82) is 0 Å². The second-order valence-corrected chi connectivity index (χ2v) is 5.34. The van der Waals surface area contributed by atoms with Gasteiger partial charge in [-0.3, -0.25) is 10.1 Å². The standard InChI is InChI=1S/C14H12ClN7O3/c1-8-18-20-14(21(8)16)19-17-7-10-3-5-13(25-10)11-6-9(22(23)24)2-4-12(11)15/h2-7H,16H2,1H3,(H,19,20)/b17-7+. The summed E-state index contributed by atoms with van der Waals surface area (Å²) in [5.41, 5.74) is 2.96. The van der Waals surface area contributed by atoms with Crippen LogP contribution in [-0.2, 0) is 0 Å². The van der Waals surface area contributed by atoms with E-state index in [1.807, 2.05) is 0 Å². The van der Waals surface area contributed by atoms with Crippen LogP contribution in [-0.4, -0.2) is 26.0 Å². The number of nitrogens with zero attached hydrogens (tertiary/aromatic N) is 5. The summed E-state index contributed by atoms with van der Waals surface area (Å²) < 4.78 is 6.83. The second-order valence-electron chi connectivity index (χ2n) is 4.93. The number of nitro groups is 1. The first-order valence-corrected chi connectivity index (χ1v) is 7.34. The van der Waals surface area contributed by atoms with Crippen molar-refractivity contribution in [3.63, 3.8) is 0 Å². The zero-order valence-corrected chi connectivity index (χ0v) is 13.6. The number of hydrazone groups is 1. The van der Waals surface area contributed by atoms with Gasteiger partial charge in [0.2, 0.25) is 0 Å². The number of nitrogen functional groups attached to an aromatic ring is 1. The van der Waals surface area contributed by atoms with Crippen LogP contribution in [0.25, 0.3) is 11.3 Å². The summed E-state index contributed by atoms with van der Waals surface area (Å²) in [6.45, 7) is 1.70. The summed E-state index contributed by atoms with van der Waals surface area (Å²) in [5.74, 6) is 7.26. The zero-order valence-electron chi connectivity index (χ0n) is 12.9. The molecule has 0 amide bonds. The number of aromatic nitrogens is 3. The number of halogens is 1. The summed E-state index contributed by atoms with van der Waals surface area (Å²) >= 11 is 6.09. The second kappa shape index (κ2) is 6.61. The lowest BCUT2D eigenvalue weighted by Crippen LogP contribution is -2.13. The minimum Gasteiger partial charge on any atom is -0.455 e. The van der Waals surface area contributed by atoms with Crippen LogP contribution in [0.2, 0.25) is 5.02 Å². The van der Waals surface area contributed by atoms with Gasteiger partial charge in [-0.1, -0.05) is 11.6 Å². The van der Waals surface area contributed by atoms with Crippen LogP contribution >= 0.6 is 11.6 Å². The maximum atomic E-state index is 10.9. The highest BCUT2D eigenvalue weighted by Crippen LogP contribution is 2.32. The molecule has 25 heavy (non-hydrogen) atoms. The van der Waals surface area contributed by atoms with Crippen LogP contribution in [0.15, 0.2) is 39.9 Å². The number of benzene rings is 1. The number of non-ortho nitro benzene ring substituents is 1. The Bertz CT molecular complexity index is 963. The van der Waals surface area contributed by atoms with Gasteiger partial charge < -0.3 is 10.3 Å². The first kappa shape index (κ1) is 16.5. The van der Waals surface area contributed by atoms with E-state index in [4.69, 9.17) is 21.9 Å². The molecule has 0 bridgehead atoms. The van der Waals surface area contributed by atoms with Gasteiger partial charge in [0, 0.05) is 17.7 Å². The molecule has 0 aliphatic carbocycles. The molecule has 0 fully saturated rings. The Balaban J connectivity index is 1.78. The molecular formula is C14H12ClN7O3. The molecule has 0 aliphatic heterocycles. The van der Waals surface area contributed by atoms with Crippen molar-refractivity contribution in [3.05, 3.63) is 57.1 Å². The topological polar surface area (TPSA) is 137 Å². The predicted octanol–water partition coefficient (Wildman–Crippen LogP) is 2.57. The molecule has 0 unspecified atom stereocenters. The smallest absolute Gasteiger partial charge is 0.270 e. The van der Waals surface area contributed by atoms with Gasteiger partial charge in [0.15, 0.2) is 5.82 Å². The Morgan fingerprint density at radius 1 is 1.40 bits per heavy atom. The minimum absolute atomic E-state index is 0.0784. The highest BCUT2D eigenvalue weighted by molar-refractivity contribution is 6.33. The van der Waals surface area contributed by atoms with E-state index < -0.39 is 4.92 Å². The highest BCUT2D eigenvalue weighted by Gasteiger charge is 2.14. The summed E-state index contributed by atoms with van der Waals surface area (Å²) in [6, 6.07) is 7.41. The molecule has 11 heteroatoms. The Morgan fingerprint density at radius 3 is 2.88 bits per heavy atom. The van der Waals surface area contributed by atoms with Crippen molar-refractivity contribution in [2.45, 2.75) is 6.92 Å². The van der Waals surface area contributed by atoms with E-state index in [0.29, 0.717) is 27.9 Å². The van der Waals surface area contributed by atoms with Gasteiger partial charge in [-0.25, -0.2) is 10.1 Å². The summed E-state index contributed by atoms with van der Waals surface area (Å²) in [5, 5.41) is 22.7. The molecule has 0 aliphatic rings. The first-order chi connectivity index (χ1) is 12.0. The largest absolute Gasteiger partial charge is 0.455 e. The molecule has 0 radical (unpaired) electrons. The molecular weight excluding hydrogens is 350 g/mol. The van der Waals surface area contributed by atoms with Crippen molar-refractivity contribution in [3.8, 4) is 11.3 Å². The summed E-state index contributed by atoms with van der Waals surface area (Å²) in [4.78, 5) is 10.4. The molecule has 3 N–H and O–H groups in total. The van der Waals surface area contributed by atoms with Crippen molar-refractivity contribution in [2.75, 3.05) is 11.3 Å². The molecule has 0 saturated carbocycles. The van der Waals surface area contributed by atoms with Crippen molar-refractivity contribution >= 4 is 29.5 Å². The van der Waals surface area contributed by atoms with Gasteiger partial charge in [-0.2, -0.15) is 5.10 Å². The molecule has 1 aromatic carbocycles. The number of nitrogens with one attached hydrogen (secondary N) is 1. The lowest BCUT2D eigenvalue weighted by atomic mass is 10.1. The number of nitrogens with two attached hydrogens (primary N) is 1. The molecule has 0 saturated heterocycles. The molecule has 0 spiro atoms. The van der Waals surface area contributed by atoms with Crippen LogP contribution in [0.5, 0.6) is 0 Å². The monoisotopic (exact) mass is 361 g/mol. The lowest BCUT2D eigenvalue weighted by molar-refractivity contribution is -0.384. The number of furan rings is 1. The van der Waals surface area contributed by atoms with Crippen molar-refractivity contribution in [2.24, 2.45) is 5.10 Å². The van der Waals surface area contributed by atoms with E-state index in [0.717, 1.165) is 0 Å². The van der Waals surface area contributed by atoms with Gasteiger partial charge in [0.05, 0.1) is 16.2 Å². The molecule has 2 heterocycles. The van der Waals surface area contributed by atoms with Crippen LogP contribution in [0, 0.1) is 17.0 Å². The maximum Gasteiger partial charge on any atom is 0.270 e. The van der Waals surface area contributed by atoms with Gasteiger partial charge >= 0.3 is 0 Å². The summed E-state index contributed by atoms with van der Waals surface area (Å²) in [6.07, 6.45) is 1.40. The molecule has 10 nitrogen and oxygen atoms in total. The first-order valence-electron chi connectivity index (χ1n) is 6.96. The Hall–Kier alpha value is -3.40. The lowest BCUT2D eigenvalue weighted by Gasteiger charge is -2.00. The number of nitro benzene ring substituents is 1. The van der Waals surface area contributed by atoms with Crippen LogP contribution < -0.4 is 11.3 Å². The normalized spacial score (nSPS) is 11.1. The maximum absolute atomic E-state index is 10.9. The third kappa shape index (κ3) is 3.43. The third-order valence-electron chi connectivity index (χ3n) is 3.28. The predicted molar refractivity (Wildman–Crippen MR) is 91.9 cm³/mol. The van der Waals surface area contributed by atoms with Crippen molar-refractivity contribution in [1.82, 2.24) is 14.9 Å². The average Bonchev–Trinajstić information content (AvgIpc) is 3.17. The van der Waals surface area contributed by atoms with E-state index in [2.05, 4.69) is 20.7 Å². The Morgan fingerprint density at radius 2 is 2.20 bits per heavy atom. The number of hydrogen-bond donors (Lipinski definition) is 2. The summed E-state index contributed by atoms with van der Waals surface area (Å²) in [7, 11) is 0. The van der Waals surface area contributed by atoms with Gasteiger partial charge in [0.25, 0.3) is 11.6 Å². The molecule has 0 atom stereocenters. The molecule has 2 aromatic heterocycles. The van der Waals surface area contributed by atoms with Gasteiger partial charge in [0.1, 0.15) is 11.5 Å². The molecule has 3 rings (SSSR count).